The van der Waals surface area contributed by atoms with Gasteiger partial charge in [-0.1, -0.05) is 12.1 Å². The van der Waals surface area contributed by atoms with E-state index in [1.807, 2.05) is 6.07 Å². The molecule has 154 valence electrons. The van der Waals surface area contributed by atoms with Gasteiger partial charge in [0, 0.05) is 25.2 Å². The third kappa shape index (κ3) is 4.37. The van der Waals surface area contributed by atoms with Crippen LogP contribution in [0.1, 0.15) is 36.8 Å². The number of amides is 1. The normalized spacial score (nSPS) is 18.0. The second kappa shape index (κ2) is 7.33. The molecule has 0 atom stereocenters. The van der Waals surface area contributed by atoms with Gasteiger partial charge in [-0.05, 0) is 55.5 Å². The highest BCUT2D eigenvalue weighted by molar-refractivity contribution is 5.89. The maximum absolute atomic E-state index is 12.9. The summed E-state index contributed by atoms with van der Waals surface area (Å²) in [4.78, 5) is 19.0. The minimum Gasteiger partial charge on any atom is -0.357 e. The lowest BCUT2D eigenvalue weighted by Crippen LogP contribution is -2.42. The molecule has 1 aromatic carbocycles. The van der Waals surface area contributed by atoms with Crippen LogP contribution < -0.4 is 16.0 Å². The molecule has 2 aromatic rings. The first-order chi connectivity index (χ1) is 13.7. The summed E-state index contributed by atoms with van der Waals surface area (Å²) >= 11 is 0. The summed E-state index contributed by atoms with van der Waals surface area (Å²) in [6.07, 6.45) is -0.849. The zero-order valence-electron chi connectivity index (χ0n) is 15.9. The van der Waals surface area contributed by atoms with Crippen LogP contribution in [-0.2, 0) is 17.5 Å². The Hall–Kier alpha value is -2.61. The lowest BCUT2D eigenvalue weighted by atomic mass is 10.1. The van der Waals surface area contributed by atoms with E-state index in [9.17, 15) is 18.0 Å². The average molecular weight is 404 g/mol. The van der Waals surface area contributed by atoms with Gasteiger partial charge in [-0.3, -0.25) is 4.79 Å². The fraction of sp³-hybridized carbons (Fsp3) is 0.429. The van der Waals surface area contributed by atoms with Crippen molar-refractivity contribution < 1.29 is 18.0 Å². The Kier molecular flexibility index (Phi) is 4.98. The summed E-state index contributed by atoms with van der Waals surface area (Å²) in [6, 6.07) is 8.72. The smallest absolute Gasteiger partial charge is 0.357 e. The van der Waals surface area contributed by atoms with Crippen molar-refractivity contribution in [2.45, 2.75) is 43.9 Å². The van der Waals surface area contributed by atoms with Gasteiger partial charge in [-0.25, -0.2) is 4.98 Å². The largest absolute Gasteiger partial charge is 0.416 e. The number of hydrogen-bond donors (Lipinski definition) is 2. The molecule has 2 aliphatic rings. The summed E-state index contributed by atoms with van der Waals surface area (Å²) in [5, 5.41) is 2.87. The van der Waals surface area contributed by atoms with Crippen LogP contribution in [0.2, 0.25) is 0 Å². The second-order valence-electron chi connectivity index (χ2n) is 7.83. The van der Waals surface area contributed by atoms with Crippen molar-refractivity contribution in [3.05, 3.63) is 47.5 Å². The number of benzene rings is 1. The SMILES string of the molecule is NC1(C(=O)NCc2cc(-c3ccc(C(F)(F)F)cc3)nc(N3CCCC3)c2)CC1. The number of hydrogen-bond acceptors (Lipinski definition) is 4. The van der Waals surface area contributed by atoms with Crippen LogP contribution in [0.15, 0.2) is 36.4 Å². The van der Waals surface area contributed by atoms with Gasteiger partial charge in [0.1, 0.15) is 5.82 Å². The Labute approximate surface area is 167 Å². The number of pyridine rings is 1. The van der Waals surface area contributed by atoms with Crippen molar-refractivity contribution in [1.82, 2.24) is 10.3 Å². The Morgan fingerprint density at radius 1 is 1.14 bits per heavy atom. The number of anilines is 1. The molecule has 1 aromatic heterocycles. The monoisotopic (exact) mass is 404 g/mol. The molecule has 1 aliphatic heterocycles. The molecule has 1 saturated carbocycles. The number of carbonyl (C=O) groups excluding carboxylic acids is 1. The topological polar surface area (TPSA) is 71.2 Å². The van der Waals surface area contributed by atoms with E-state index in [1.54, 1.807) is 6.07 Å². The number of halogens is 3. The highest BCUT2D eigenvalue weighted by Crippen LogP contribution is 2.33. The Balaban J connectivity index is 1.61. The first-order valence-corrected chi connectivity index (χ1v) is 9.75. The maximum Gasteiger partial charge on any atom is 0.416 e. The predicted molar refractivity (Wildman–Crippen MR) is 104 cm³/mol. The Morgan fingerprint density at radius 2 is 1.79 bits per heavy atom. The number of aromatic nitrogens is 1. The number of carbonyl (C=O) groups is 1. The zero-order chi connectivity index (χ0) is 20.6. The predicted octanol–water partition coefficient (Wildman–Crippen LogP) is 3.48. The molecule has 5 nitrogen and oxygen atoms in total. The van der Waals surface area contributed by atoms with E-state index >= 15 is 0 Å². The summed E-state index contributed by atoms with van der Waals surface area (Å²) < 4.78 is 38.6. The summed E-state index contributed by atoms with van der Waals surface area (Å²) in [7, 11) is 0. The van der Waals surface area contributed by atoms with Gasteiger partial charge in [-0.15, -0.1) is 0 Å². The maximum atomic E-state index is 12.9. The van der Waals surface area contributed by atoms with E-state index in [2.05, 4.69) is 15.2 Å². The molecule has 1 amide bonds. The quantitative estimate of drug-likeness (QED) is 0.801. The van der Waals surface area contributed by atoms with Gasteiger partial charge < -0.3 is 16.0 Å². The molecule has 2 heterocycles. The molecule has 4 rings (SSSR count). The molecule has 0 unspecified atom stereocenters. The first-order valence-electron chi connectivity index (χ1n) is 9.75. The Morgan fingerprint density at radius 3 is 2.38 bits per heavy atom. The van der Waals surface area contributed by atoms with Gasteiger partial charge >= 0.3 is 6.18 Å². The second-order valence-corrected chi connectivity index (χ2v) is 7.83. The summed E-state index contributed by atoms with van der Waals surface area (Å²) in [5.41, 5.74) is 6.52. The van der Waals surface area contributed by atoms with Gasteiger partial charge in [-0.2, -0.15) is 13.2 Å². The molecule has 0 bridgehead atoms. The van der Waals surface area contributed by atoms with E-state index in [-0.39, 0.29) is 5.91 Å². The van der Waals surface area contributed by atoms with Crippen LogP contribution >= 0.6 is 0 Å². The van der Waals surface area contributed by atoms with Crippen molar-refractivity contribution >= 4 is 11.7 Å². The van der Waals surface area contributed by atoms with E-state index in [0.717, 1.165) is 49.4 Å². The van der Waals surface area contributed by atoms with Gasteiger partial charge in [0.15, 0.2) is 0 Å². The van der Waals surface area contributed by atoms with Crippen molar-refractivity contribution in [2.75, 3.05) is 18.0 Å². The lowest BCUT2D eigenvalue weighted by Gasteiger charge is -2.19. The van der Waals surface area contributed by atoms with E-state index in [4.69, 9.17) is 5.73 Å². The molecule has 0 spiro atoms. The standard InChI is InChI=1S/C21H23F3N4O/c22-21(23,24)16-5-3-15(4-6-16)17-11-14(13-26-19(29)20(25)7-8-20)12-18(27-17)28-9-1-2-10-28/h3-6,11-12H,1-2,7-10,13,25H2,(H,26,29). The lowest BCUT2D eigenvalue weighted by molar-refractivity contribution is -0.137. The Bertz CT molecular complexity index is 901. The van der Waals surface area contributed by atoms with Crippen LogP contribution in [0.5, 0.6) is 0 Å². The molecule has 29 heavy (non-hydrogen) atoms. The van der Waals surface area contributed by atoms with Gasteiger partial charge in [0.25, 0.3) is 0 Å². The zero-order valence-corrected chi connectivity index (χ0v) is 15.9. The fourth-order valence-electron chi connectivity index (χ4n) is 3.48. The van der Waals surface area contributed by atoms with E-state index in [0.29, 0.717) is 30.6 Å². The number of rotatable bonds is 5. The van der Waals surface area contributed by atoms with E-state index < -0.39 is 17.3 Å². The molecule has 3 N–H and O–H groups in total. The van der Waals surface area contributed by atoms with Crippen molar-refractivity contribution in [1.29, 1.82) is 0 Å². The summed E-state index contributed by atoms with van der Waals surface area (Å²) in [5.74, 6) is 0.603. The first kappa shape index (κ1) is 19.7. The van der Waals surface area contributed by atoms with Gasteiger partial charge in [0.05, 0.1) is 16.8 Å². The third-order valence-corrected chi connectivity index (χ3v) is 5.50. The van der Waals surface area contributed by atoms with E-state index in [1.165, 1.54) is 12.1 Å². The van der Waals surface area contributed by atoms with Crippen LogP contribution in [0.25, 0.3) is 11.3 Å². The average Bonchev–Trinajstić information content (AvgIpc) is 3.22. The minimum atomic E-state index is -4.38. The van der Waals surface area contributed by atoms with Crippen LogP contribution in [0.3, 0.4) is 0 Å². The highest BCUT2D eigenvalue weighted by Gasteiger charge is 2.45. The fourth-order valence-corrected chi connectivity index (χ4v) is 3.48. The van der Waals surface area contributed by atoms with Crippen LogP contribution in [-0.4, -0.2) is 29.5 Å². The molecule has 0 radical (unpaired) electrons. The van der Waals surface area contributed by atoms with Crippen LogP contribution in [0, 0.1) is 0 Å². The number of nitrogens with one attached hydrogen (secondary N) is 1. The summed E-state index contributed by atoms with van der Waals surface area (Å²) in [6.45, 7) is 2.08. The number of nitrogens with zero attached hydrogens (tertiary/aromatic N) is 2. The van der Waals surface area contributed by atoms with Crippen LogP contribution in [0.4, 0.5) is 19.0 Å². The molecule has 1 saturated heterocycles. The molecule has 2 fully saturated rings. The molecule has 1 aliphatic carbocycles. The minimum absolute atomic E-state index is 0.173. The van der Waals surface area contributed by atoms with Gasteiger partial charge in [0.2, 0.25) is 5.91 Å². The number of alkyl halides is 3. The molecular formula is C21H23F3N4O. The third-order valence-electron chi connectivity index (χ3n) is 5.50. The molecular weight excluding hydrogens is 381 g/mol. The van der Waals surface area contributed by atoms with Crippen molar-refractivity contribution in [2.24, 2.45) is 5.73 Å². The van der Waals surface area contributed by atoms with Crippen molar-refractivity contribution in [3.8, 4) is 11.3 Å². The molecule has 8 heteroatoms. The highest BCUT2D eigenvalue weighted by atomic mass is 19.4. The number of nitrogens with two attached hydrogens (primary N) is 1. The van der Waals surface area contributed by atoms with Crippen molar-refractivity contribution in [3.63, 3.8) is 0 Å².